The SMILES string of the molecule is COc1ccc(Br)cc1C[NH+](C)[C@H](C)C(=O)Nc1ccccc1OC. The molecule has 0 saturated heterocycles. The highest BCUT2D eigenvalue weighted by Crippen LogP contribution is 2.23. The number of likely N-dealkylation sites (N-methyl/N-ethyl adjacent to an activating group) is 1. The molecule has 0 aromatic heterocycles. The summed E-state index contributed by atoms with van der Waals surface area (Å²) in [4.78, 5) is 13.7. The zero-order chi connectivity index (χ0) is 18.4. The highest BCUT2D eigenvalue weighted by molar-refractivity contribution is 9.10. The Labute approximate surface area is 157 Å². The number of methoxy groups -OCH3 is 2. The van der Waals surface area contributed by atoms with Crippen LogP contribution in [0.15, 0.2) is 46.9 Å². The van der Waals surface area contributed by atoms with Gasteiger partial charge in [-0.1, -0.05) is 28.1 Å². The van der Waals surface area contributed by atoms with E-state index in [-0.39, 0.29) is 11.9 Å². The van der Waals surface area contributed by atoms with Gasteiger partial charge in [-0.25, -0.2) is 0 Å². The number of quaternary nitrogens is 1. The van der Waals surface area contributed by atoms with E-state index in [1.54, 1.807) is 14.2 Å². The van der Waals surface area contributed by atoms with E-state index in [1.165, 1.54) is 0 Å². The van der Waals surface area contributed by atoms with Crippen LogP contribution in [-0.4, -0.2) is 33.2 Å². The summed E-state index contributed by atoms with van der Waals surface area (Å²) < 4.78 is 11.7. The van der Waals surface area contributed by atoms with Crippen molar-refractivity contribution in [3.8, 4) is 11.5 Å². The molecule has 0 aliphatic heterocycles. The minimum absolute atomic E-state index is 0.0593. The van der Waals surface area contributed by atoms with Gasteiger partial charge in [-0.3, -0.25) is 4.79 Å². The molecule has 0 aliphatic rings. The fourth-order valence-corrected chi connectivity index (χ4v) is 2.96. The highest BCUT2D eigenvalue weighted by atomic mass is 79.9. The van der Waals surface area contributed by atoms with Gasteiger partial charge in [0.2, 0.25) is 0 Å². The fourth-order valence-electron chi connectivity index (χ4n) is 2.55. The van der Waals surface area contributed by atoms with Crippen molar-refractivity contribution in [1.29, 1.82) is 0 Å². The molecule has 6 heteroatoms. The highest BCUT2D eigenvalue weighted by Gasteiger charge is 2.24. The Bertz CT molecular complexity index is 736. The first-order valence-electron chi connectivity index (χ1n) is 8.05. The first-order valence-corrected chi connectivity index (χ1v) is 8.84. The van der Waals surface area contributed by atoms with Crippen molar-refractivity contribution >= 4 is 27.5 Å². The lowest BCUT2D eigenvalue weighted by Crippen LogP contribution is -3.12. The predicted molar refractivity (Wildman–Crippen MR) is 102 cm³/mol. The van der Waals surface area contributed by atoms with E-state index in [9.17, 15) is 4.79 Å². The summed E-state index contributed by atoms with van der Waals surface area (Å²) in [7, 11) is 5.23. The molecule has 2 N–H and O–H groups in total. The summed E-state index contributed by atoms with van der Waals surface area (Å²) in [6.45, 7) is 2.58. The van der Waals surface area contributed by atoms with E-state index in [2.05, 4.69) is 21.2 Å². The number of nitrogens with one attached hydrogen (secondary N) is 2. The number of hydrogen-bond acceptors (Lipinski definition) is 3. The number of benzene rings is 2. The third-order valence-corrected chi connectivity index (χ3v) is 4.70. The summed E-state index contributed by atoms with van der Waals surface area (Å²) in [5.74, 6) is 1.41. The molecular weight excluding hydrogens is 384 g/mol. The zero-order valence-corrected chi connectivity index (χ0v) is 16.5. The molecule has 1 unspecified atom stereocenters. The van der Waals surface area contributed by atoms with Crippen LogP contribution in [0.5, 0.6) is 11.5 Å². The van der Waals surface area contributed by atoms with Crippen molar-refractivity contribution in [3.05, 3.63) is 52.5 Å². The van der Waals surface area contributed by atoms with E-state index in [4.69, 9.17) is 9.47 Å². The van der Waals surface area contributed by atoms with Gasteiger partial charge in [-0.15, -0.1) is 0 Å². The Morgan fingerprint density at radius 3 is 2.52 bits per heavy atom. The fraction of sp³-hybridized carbons (Fsp3) is 0.316. The smallest absolute Gasteiger partial charge is 0.282 e. The molecule has 0 saturated carbocycles. The summed E-state index contributed by atoms with van der Waals surface area (Å²) >= 11 is 3.48. The number of carbonyl (C=O) groups is 1. The Morgan fingerprint density at radius 2 is 1.84 bits per heavy atom. The average Bonchev–Trinajstić information content (AvgIpc) is 2.61. The summed E-state index contributed by atoms with van der Waals surface area (Å²) in [5, 5.41) is 2.94. The number of amides is 1. The molecule has 0 bridgehead atoms. The van der Waals surface area contributed by atoms with Crippen LogP contribution >= 0.6 is 15.9 Å². The zero-order valence-electron chi connectivity index (χ0n) is 14.9. The lowest BCUT2D eigenvalue weighted by Gasteiger charge is -2.22. The normalized spacial score (nSPS) is 13.0. The quantitative estimate of drug-likeness (QED) is 0.741. The predicted octanol–water partition coefficient (Wildman–Crippen LogP) is 2.51. The molecule has 0 fully saturated rings. The van der Waals surface area contributed by atoms with E-state index in [0.717, 1.165) is 20.7 Å². The Kier molecular flexibility index (Phi) is 6.84. The van der Waals surface area contributed by atoms with Gasteiger partial charge in [-0.2, -0.15) is 0 Å². The standard InChI is InChI=1S/C19H23BrN2O3/c1-13(19(23)21-16-7-5-6-8-18(16)25-4)22(2)12-14-11-15(20)9-10-17(14)24-3/h5-11,13H,12H2,1-4H3,(H,21,23)/p+1/t13-/m1/s1. The first kappa shape index (κ1) is 19.3. The molecule has 5 nitrogen and oxygen atoms in total. The van der Waals surface area contributed by atoms with Crippen LogP contribution < -0.4 is 19.7 Å². The average molecular weight is 408 g/mol. The molecule has 2 aromatic rings. The van der Waals surface area contributed by atoms with Crippen molar-refractivity contribution in [2.24, 2.45) is 0 Å². The Balaban J connectivity index is 2.07. The van der Waals surface area contributed by atoms with Crippen LogP contribution in [0.25, 0.3) is 0 Å². The molecule has 0 radical (unpaired) electrons. The molecule has 134 valence electrons. The molecule has 2 aromatic carbocycles. The van der Waals surface area contributed by atoms with Gasteiger partial charge < -0.3 is 19.7 Å². The van der Waals surface area contributed by atoms with E-state index >= 15 is 0 Å². The van der Waals surface area contributed by atoms with Crippen molar-refractivity contribution in [3.63, 3.8) is 0 Å². The van der Waals surface area contributed by atoms with Gasteiger partial charge >= 0.3 is 0 Å². The Hall–Kier alpha value is -2.05. The molecule has 2 rings (SSSR count). The van der Waals surface area contributed by atoms with Crippen LogP contribution in [-0.2, 0) is 11.3 Å². The molecular formula is C19H24BrN2O3+. The van der Waals surface area contributed by atoms with Crippen molar-refractivity contribution in [2.75, 3.05) is 26.6 Å². The Morgan fingerprint density at radius 1 is 1.16 bits per heavy atom. The first-order chi connectivity index (χ1) is 12.0. The largest absolute Gasteiger partial charge is 0.496 e. The lowest BCUT2D eigenvalue weighted by atomic mass is 10.1. The van der Waals surface area contributed by atoms with Gasteiger partial charge in [0, 0.05) is 10.0 Å². The van der Waals surface area contributed by atoms with Crippen LogP contribution in [0.3, 0.4) is 0 Å². The van der Waals surface area contributed by atoms with Gasteiger partial charge in [-0.05, 0) is 37.3 Å². The van der Waals surface area contributed by atoms with Crippen LogP contribution in [0.1, 0.15) is 12.5 Å². The van der Waals surface area contributed by atoms with Crippen molar-refractivity contribution < 1.29 is 19.2 Å². The number of ether oxygens (including phenoxy) is 2. The van der Waals surface area contributed by atoms with E-state index in [1.807, 2.05) is 56.4 Å². The number of hydrogen-bond donors (Lipinski definition) is 2. The molecule has 0 heterocycles. The maximum Gasteiger partial charge on any atom is 0.282 e. The van der Waals surface area contributed by atoms with Crippen LogP contribution in [0.2, 0.25) is 0 Å². The monoisotopic (exact) mass is 407 g/mol. The topological polar surface area (TPSA) is 52.0 Å². The summed E-state index contributed by atoms with van der Waals surface area (Å²) in [6.07, 6.45) is 0. The molecule has 1 amide bonds. The second-order valence-electron chi connectivity index (χ2n) is 5.89. The van der Waals surface area contributed by atoms with Gasteiger partial charge in [0.25, 0.3) is 5.91 Å². The maximum absolute atomic E-state index is 12.6. The van der Waals surface area contributed by atoms with Crippen molar-refractivity contribution in [1.82, 2.24) is 0 Å². The molecule has 0 aliphatic carbocycles. The third kappa shape index (κ3) is 4.96. The van der Waals surface area contributed by atoms with E-state index < -0.39 is 0 Å². The number of para-hydroxylation sites is 2. The molecule has 25 heavy (non-hydrogen) atoms. The summed E-state index contributed by atoms with van der Waals surface area (Å²) in [5.41, 5.74) is 1.72. The van der Waals surface area contributed by atoms with Crippen LogP contribution in [0, 0.1) is 0 Å². The number of rotatable bonds is 7. The third-order valence-electron chi connectivity index (χ3n) is 4.21. The number of carbonyl (C=O) groups excluding carboxylic acids is 1. The second kappa shape index (κ2) is 8.87. The van der Waals surface area contributed by atoms with E-state index in [0.29, 0.717) is 18.0 Å². The van der Waals surface area contributed by atoms with Crippen molar-refractivity contribution in [2.45, 2.75) is 19.5 Å². The molecule has 2 atom stereocenters. The number of halogens is 1. The lowest BCUT2D eigenvalue weighted by molar-refractivity contribution is -0.907. The van der Waals surface area contributed by atoms with Gasteiger partial charge in [0.05, 0.1) is 27.0 Å². The van der Waals surface area contributed by atoms with Gasteiger partial charge in [0.1, 0.15) is 18.0 Å². The summed E-state index contributed by atoms with van der Waals surface area (Å²) in [6, 6.07) is 13.0. The number of anilines is 1. The minimum Gasteiger partial charge on any atom is -0.496 e. The van der Waals surface area contributed by atoms with Crippen LogP contribution in [0.4, 0.5) is 5.69 Å². The molecule has 0 spiro atoms. The maximum atomic E-state index is 12.6. The second-order valence-corrected chi connectivity index (χ2v) is 6.81. The van der Waals surface area contributed by atoms with Gasteiger partial charge in [0.15, 0.2) is 6.04 Å². The minimum atomic E-state index is -0.242.